The Labute approximate surface area is 179 Å². The van der Waals surface area contributed by atoms with Crippen LogP contribution in [0.4, 0.5) is 5.69 Å². The maximum absolute atomic E-state index is 13.1. The topological polar surface area (TPSA) is 51.1 Å². The Morgan fingerprint density at radius 2 is 1.72 bits per heavy atom. The number of carbonyl (C=O) groups excluding carboxylic acids is 2. The van der Waals surface area contributed by atoms with Crippen molar-refractivity contribution in [3.8, 4) is 0 Å². The number of fused-ring (bicyclic) bond motifs is 1. The SMILES string of the molecule is Cc1cn(C(=O)c2c(Cl)cccc2Cl)c2ccc(NC(=O)C3CCCCC3)cc12. The molecule has 1 fully saturated rings. The highest BCUT2D eigenvalue weighted by Crippen LogP contribution is 2.30. The van der Waals surface area contributed by atoms with Gasteiger partial charge < -0.3 is 5.32 Å². The number of hydrogen-bond acceptors (Lipinski definition) is 2. The number of amides is 1. The van der Waals surface area contributed by atoms with Gasteiger partial charge in [0.2, 0.25) is 5.91 Å². The molecule has 1 aliphatic carbocycles. The molecule has 1 saturated carbocycles. The maximum atomic E-state index is 13.1. The van der Waals surface area contributed by atoms with E-state index in [0.717, 1.165) is 47.8 Å². The molecule has 0 unspecified atom stereocenters. The van der Waals surface area contributed by atoms with Gasteiger partial charge in [-0.05, 0) is 55.7 Å². The second-order valence-corrected chi connectivity index (χ2v) is 8.45. The van der Waals surface area contributed by atoms with Gasteiger partial charge in [-0.25, -0.2) is 0 Å². The van der Waals surface area contributed by atoms with Crippen LogP contribution in [0.15, 0.2) is 42.6 Å². The summed E-state index contributed by atoms with van der Waals surface area (Å²) in [6.07, 6.45) is 7.13. The molecule has 0 atom stereocenters. The Morgan fingerprint density at radius 1 is 1.03 bits per heavy atom. The van der Waals surface area contributed by atoms with Crippen molar-refractivity contribution < 1.29 is 9.59 Å². The van der Waals surface area contributed by atoms with Gasteiger partial charge in [0.05, 0.1) is 21.1 Å². The summed E-state index contributed by atoms with van der Waals surface area (Å²) >= 11 is 12.4. The largest absolute Gasteiger partial charge is 0.326 e. The predicted molar refractivity (Wildman–Crippen MR) is 118 cm³/mol. The summed E-state index contributed by atoms with van der Waals surface area (Å²) in [5.41, 5.74) is 2.71. The number of nitrogens with one attached hydrogen (secondary N) is 1. The van der Waals surface area contributed by atoms with Gasteiger partial charge in [0, 0.05) is 23.2 Å². The number of rotatable bonds is 3. The minimum absolute atomic E-state index is 0.0834. The summed E-state index contributed by atoms with van der Waals surface area (Å²) in [4.78, 5) is 25.7. The maximum Gasteiger partial charge on any atom is 0.265 e. The lowest BCUT2D eigenvalue weighted by Gasteiger charge is -2.20. The van der Waals surface area contributed by atoms with E-state index in [1.54, 1.807) is 29.0 Å². The zero-order valence-electron chi connectivity index (χ0n) is 16.2. The van der Waals surface area contributed by atoms with Crippen LogP contribution in [-0.4, -0.2) is 16.4 Å². The van der Waals surface area contributed by atoms with Gasteiger partial charge in [-0.15, -0.1) is 0 Å². The average molecular weight is 429 g/mol. The first kappa shape index (κ1) is 20.0. The Kier molecular flexibility index (Phi) is 5.66. The first-order valence-corrected chi connectivity index (χ1v) is 10.6. The van der Waals surface area contributed by atoms with Gasteiger partial charge in [-0.2, -0.15) is 0 Å². The molecule has 1 amide bonds. The van der Waals surface area contributed by atoms with Crippen LogP contribution in [0.2, 0.25) is 10.0 Å². The fourth-order valence-corrected chi connectivity index (χ4v) is 4.63. The van der Waals surface area contributed by atoms with Crippen molar-refractivity contribution in [2.45, 2.75) is 39.0 Å². The summed E-state index contributed by atoms with van der Waals surface area (Å²) in [6.45, 7) is 1.94. The van der Waals surface area contributed by atoms with Gasteiger partial charge in [-0.3, -0.25) is 14.2 Å². The number of aryl methyl sites for hydroxylation is 1. The van der Waals surface area contributed by atoms with Gasteiger partial charge >= 0.3 is 0 Å². The normalized spacial score (nSPS) is 14.9. The van der Waals surface area contributed by atoms with E-state index in [2.05, 4.69) is 5.32 Å². The lowest BCUT2D eigenvalue weighted by atomic mass is 9.88. The van der Waals surface area contributed by atoms with E-state index in [9.17, 15) is 9.59 Å². The molecule has 1 aromatic heterocycles. The summed E-state index contributed by atoms with van der Waals surface area (Å²) in [5, 5.41) is 4.59. The Morgan fingerprint density at radius 3 is 2.41 bits per heavy atom. The minimum Gasteiger partial charge on any atom is -0.326 e. The number of halogens is 2. The monoisotopic (exact) mass is 428 g/mol. The Balaban J connectivity index is 1.65. The van der Waals surface area contributed by atoms with Crippen molar-refractivity contribution in [3.05, 3.63) is 63.8 Å². The smallest absolute Gasteiger partial charge is 0.265 e. The molecule has 0 bridgehead atoms. The molecular formula is C23H22Cl2N2O2. The standard InChI is InChI=1S/C23H22Cl2N2O2/c1-14-13-27(23(29)21-18(24)8-5-9-19(21)25)20-11-10-16(12-17(14)20)26-22(28)15-6-3-2-4-7-15/h5,8-13,15H,2-4,6-7H2,1H3,(H,26,28). The zero-order valence-corrected chi connectivity index (χ0v) is 17.7. The first-order valence-electron chi connectivity index (χ1n) is 9.87. The lowest BCUT2D eigenvalue weighted by Crippen LogP contribution is -2.24. The molecular weight excluding hydrogens is 407 g/mol. The van der Waals surface area contributed by atoms with Crippen LogP contribution in [0.25, 0.3) is 10.9 Å². The van der Waals surface area contributed by atoms with Crippen LogP contribution < -0.4 is 5.32 Å². The van der Waals surface area contributed by atoms with Gasteiger partial charge in [0.25, 0.3) is 5.91 Å². The highest BCUT2D eigenvalue weighted by molar-refractivity contribution is 6.40. The third-order valence-corrected chi connectivity index (χ3v) is 6.27. The summed E-state index contributed by atoms with van der Waals surface area (Å²) < 4.78 is 1.56. The highest BCUT2D eigenvalue weighted by atomic mass is 35.5. The molecule has 0 saturated heterocycles. The molecule has 6 heteroatoms. The highest BCUT2D eigenvalue weighted by Gasteiger charge is 2.22. The van der Waals surface area contributed by atoms with E-state index in [0.29, 0.717) is 10.0 Å². The van der Waals surface area contributed by atoms with Gasteiger partial charge in [0.15, 0.2) is 0 Å². The van der Waals surface area contributed by atoms with Crippen LogP contribution in [0.3, 0.4) is 0 Å². The Bertz CT molecular complexity index is 1080. The Hall–Kier alpha value is -2.30. The third-order valence-electron chi connectivity index (χ3n) is 5.64. The summed E-state index contributed by atoms with van der Waals surface area (Å²) in [5.74, 6) is -0.105. The molecule has 4 rings (SSSR count). The summed E-state index contributed by atoms with van der Waals surface area (Å²) in [6, 6.07) is 10.6. The van der Waals surface area contributed by atoms with Crippen LogP contribution in [0.5, 0.6) is 0 Å². The van der Waals surface area contributed by atoms with E-state index in [-0.39, 0.29) is 23.3 Å². The number of carbonyl (C=O) groups is 2. The molecule has 3 aromatic rings. The van der Waals surface area contributed by atoms with Crippen molar-refractivity contribution in [1.29, 1.82) is 0 Å². The minimum atomic E-state index is -0.280. The molecule has 0 radical (unpaired) electrons. The van der Waals surface area contributed by atoms with Crippen molar-refractivity contribution in [1.82, 2.24) is 4.57 Å². The second-order valence-electron chi connectivity index (χ2n) is 7.64. The van der Waals surface area contributed by atoms with Crippen molar-refractivity contribution in [2.75, 3.05) is 5.32 Å². The van der Waals surface area contributed by atoms with Gasteiger partial charge in [-0.1, -0.05) is 48.5 Å². The third kappa shape index (κ3) is 3.92. The zero-order chi connectivity index (χ0) is 20.5. The van der Waals surface area contributed by atoms with E-state index in [4.69, 9.17) is 23.2 Å². The van der Waals surface area contributed by atoms with Crippen molar-refractivity contribution in [3.63, 3.8) is 0 Å². The fraction of sp³-hybridized carbons (Fsp3) is 0.304. The number of nitrogens with zero attached hydrogens (tertiary/aromatic N) is 1. The quantitative estimate of drug-likeness (QED) is 0.519. The average Bonchev–Trinajstić information content (AvgIpc) is 3.04. The number of aromatic nitrogens is 1. The number of anilines is 1. The van der Waals surface area contributed by atoms with E-state index >= 15 is 0 Å². The molecule has 150 valence electrons. The lowest BCUT2D eigenvalue weighted by molar-refractivity contribution is -0.120. The fourth-order valence-electron chi connectivity index (χ4n) is 4.07. The van der Waals surface area contributed by atoms with E-state index in [1.807, 2.05) is 25.1 Å². The molecule has 1 N–H and O–H groups in total. The molecule has 1 heterocycles. The van der Waals surface area contributed by atoms with E-state index in [1.165, 1.54) is 6.42 Å². The van der Waals surface area contributed by atoms with Crippen LogP contribution >= 0.6 is 23.2 Å². The van der Waals surface area contributed by atoms with Crippen molar-refractivity contribution >= 4 is 51.6 Å². The van der Waals surface area contributed by atoms with Gasteiger partial charge in [0.1, 0.15) is 0 Å². The second kappa shape index (κ2) is 8.21. The van der Waals surface area contributed by atoms with Crippen LogP contribution in [-0.2, 0) is 4.79 Å². The van der Waals surface area contributed by atoms with Crippen molar-refractivity contribution in [2.24, 2.45) is 5.92 Å². The number of benzene rings is 2. The van der Waals surface area contributed by atoms with Crippen LogP contribution in [0.1, 0.15) is 48.0 Å². The number of hydrogen-bond donors (Lipinski definition) is 1. The van der Waals surface area contributed by atoms with E-state index < -0.39 is 0 Å². The first-order chi connectivity index (χ1) is 14.0. The molecule has 0 spiro atoms. The predicted octanol–water partition coefficient (Wildman–Crippen LogP) is 6.46. The molecule has 1 aliphatic rings. The molecule has 0 aliphatic heterocycles. The molecule has 4 nitrogen and oxygen atoms in total. The van der Waals surface area contributed by atoms with Crippen LogP contribution in [0, 0.1) is 12.8 Å². The summed E-state index contributed by atoms with van der Waals surface area (Å²) in [7, 11) is 0. The molecule has 2 aromatic carbocycles. The molecule has 29 heavy (non-hydrogen) atoms.